The summed E-state index contributed by atoms with van der Waals surface area (Å²) in [5.41, 5.74) is 6.60. The van der Waals surface area contributed by atoms with Gasteiger partial charge in [-0.1, -0.05) is 32.9 Å². The molecule has 0 atom stereocenters. The number of aromatic amines is 2. The molecule has 0 saturated heterocycles. The van der Waals surface area contributed by atoms with E-state index in [9.17, 15) is 4.79 Å². The predicted molar refractivity (Wildman–Crippen MR) is 151 cm³/mol. The first-order valence-electron chi connectivity index (χ1n) is 12.1. The van der Waals surface area contributed by atoms with E-state index in [1.807, 2.05) is 26.8 Å². The van der Waals surface area contributed by atoms with Gasteiger partial charge < -0.3 is 10.3 Å². The van der Waals surface area contributed by atoms with Crippen molar-refractivity contribution in [1.82, 2.24) is 25.1 Å². The summed E-state index contributed by atoms with van der Waals surface area (Å²) >= 11 is 1.79. The molecule has 8 heteroatoms. The number of thiophene rings is 1. The van der Waals surface area contributed by atoms with Gasteiger partial charge in [0, 0.05) is 60.5 Å². The van der Waals surface area contributed by atoms with Gasteiger partial charge in [0.15, 0.2) is 5.65 Å². The third-order valence-electron chi connectivity index (χ3n) is 6.35. The number of fused-ring (bicyclic) bond motifs is 2. The van der Waals surface area contributed by atoms with E-state index >= 15 is 0 Å². The first-order chi connectivity index (χ1) is 17.8. The topological polar surface area (TPSA) is 99.3 Å². The molecule has 6 aromatic rings. The van der Waals surface area contributed by atoms with Crippen molar-refractivity contribution < 1.29 is 4.79 Å². The molecular formula is C29H26N6OS. The van der Waals surface area contributed by atoms with Crippen LogP contribution in [0.1, 0.15) is 25.6 Å². The largest absolute Gasteiger partial charge is 0.353 e. The molecule has 5 heterocycles. The van der Waals surface area contributed by atoms with Gasteiger partial charge in [0.1, 0.15) is 5.69 Å². The number of benzene rings is 1. The van der Waals surface area contributed by atoms with Crippen LogP contribution in [0.5, 0.6) is 0 Å². The fourth-order valence-electron chi connectivity index (χ4n) is 4.33. The van der Waals surface area contributed by atoms with Crippen LogP contribution >= 0.6 is 11.3 Å². The van der Waals surface area contributed by atoms with Crippen molar-refractivity contribution in [2.75, 3.05) is 5.32 Å². The smallest absolute Gasteiger partial charge is 0.229 e. The van der Waals surface area contributed by atoms with Gasteiger partial charge in [0.05, 0.1) is 17.6 Å². The Bertz CT molecular complexity index is 1790. The maximum atomic E-state index is 12.4. The van der Waals surface area contributed by atoms with Crippen molar-refractivity contribution in [1.29, 1.82) is 0 Å². The van der Waals surface area contributed by atoms with Gasteiger partial charge in [-0.05, 0) is 43.3 Å². The Labute approximate surface area is 218 Å². The molecule has 5 aromatic heterocycles. The van der Waals surface area contributed by atoms with Gasteiger partial charge in [-0.25, -0.2) is 4.98 Å². The number of carbonyl (C=O) groups is 1. The van der Waals surface area contributed by atoms with Crippen LogP contribution in [-0.2, 0) is 4.79 Å². The second-order valence-electron chi connectivity index (χ2n) is 10.2. The Morgan fingerprint density at radius 1 is 0.973 bits per heavy atom. The Morgan fingerprint density at radius 2 is 1.81 bits per heavy atom. The molecule has 1 aromatic carbocycles. The van der Waals surface area contributed by atoms with Gasteiger partial charge in [0.25, 0.3) is 0 Å². The van der Waals surface area contributed by atoms with E-state index in [1.54, 1.807) is 29.9 Å². The Kier molecular flexibility index (Phi) is 5.42. The highest BCUT2D eigenvalue weighted by Gasteiger charge is 2.21. The van der Waals surface area contributed by atoms with E-state index in [1.165, 1.54) is 15.3 Å². The van der Waals surface area contributed by atoms with Crippen LogP contribution in [0.15, 0.2) is 67.1 Å². The van der Waals surface area contributed by atoms with Crippen LogP contribution in [0.2, 0.25) is 0 Å². The van der Waals surface area contributed by atoms with Gasteiger partial charge in [-0.2, -0.15) is 5.10 Å². The number of aryl methyl sites for hydroxylation is 1. The van der Waals surface area contributed by atoms with E-state index in [0.29, 0.717) is 11.3 Å². The second kappa shape index (κ2) is 8.67. The molecule has 0 radical (unpaired) electrons. The number of pyridine rings is 2. The Hall–Kier alpha value is -4.30. The first kappa shape index (κ1) is 23.1. The molecule has 0 unspecified atom stereocenters. The van der Waals surface area contributed by atoms with Crippen LogP contribution in [0, 0.1) is 12.3 Å². The zero-order valence-electron chi connectivity index (χ0n) is 21.0. The summed E-state index contributed by atoms with van der Waals surface area (Å²) in [6.07, 6.45) is 5.21. The molecule has 7 nitrogen and oxygen atoms in total. The number of carbonyl (C=O) groups excluding carboxylic acids is 1. The van der Waals surface area contributed by atoms with Gasteiger partial charge in [0.2, 0.25) is 5.91 Å². The first-order valence-corrected chi connectivity index (χ1v) is 12.9. The van der Waals surface area contributed by atoms with Crippen molar-refractivity contribution in [3.63, 3.8) is 0 Å². The summed E-state index contributed by atoms with van der Waals surface area (Å²) in [5.74, 6) is -0.0620. The van der Waals surface area contributed by atoms with Crippen molar-refractivity contribution in [3.05, 3.63) is 72.0 Å². The average molecular weight is 507 g/mol. The molecule has 0 aliphatic heterocycles. The van der Waals surface area contributed by atoms with Crippen LogP contribution in [0.25, 0.3) is 54.9 Å². The molecule has 0 saturated carbocycles. The molecule has 0 bridgehead atoms. The minimum Gasteiger partial charge on any atom is -0.353 e. The molecule has 0 fully saturated rings. The molecule has 0 aliphatic rings. The Balaban J connectivity index is 1.40. The van der Waals surface area contributed by atoms with Gasteiger partial charge in [-0.15, -0.1) is 11.3 Å². The zero-order valence-corrected chi connectivity index (χ0v) is 21.8. The molecule has 3 N–H and O–H groups in total. The van der Waals surface area contributed by atoms with Gasteiger partial charge in [-0.3, -0.25) is 14.9 Å². The molecular weight excluding hydrogens is 480 g/mol. The van der Waals surface area contributed by atoms with Crippen molar-refractivity contribution in [2.45, 2.75) is 27.7 Å². The minimum absolute atomic E-state index is 0.0620. The highest BCUT2D eigenvalue weighted by Crippen LogP contribution is 2.37. The lowest BCUT2D eigenvalue weighted by Crippen LogP contribution is -2.27. The zero-order chi connectivity index (χ0) is 25.7. The molecule has 0 aliphatic carbocycles. The number of H-pyrrole nitrogens is 2. The van der Waals surface area contributed by atoms with Crippen molar-refractivity contribution in [2.24, 2.45) is 5.41 Å². The molecule has 1 amide bonds. The number of anilines is 1. The SMILES string of the molecule is Cc1ccc(-c2cccc3[nH]c(-c4n[nH]c5ncc(-c6cncc(NC(=O)C(C)(C)C)c6)cc45)cc23)s1. The van der Waals surface area contributed by atoms with E-state index in [4.69, 9.17) is 0 Å². The predicted octanol–water partition coefficient (Wildman–Crippen LogP) is 7.19. The second-order valence-corrected chi connectivity index (χ2v) is 11.5. The fourth-order valence-corrected chi connectivity index (χ4v) is 5.24. The van der Waals surface area contributed by atoms with Gasteiger partial charge >= 0.3 is 0 Å². The summed E-state index contributed by atoms with van der Waals surface area (Å²) in [7, 11) is 0. The lowest BCUT2D eigenvalue weighted by atomic mass is 9.95. The quantitative estimate of drug-likeness (QED) is 0.236. The number of nitrogens with zero attached hydrogens (tertiary/aromatic N) is 3. The summed E-state index contributed by atoms with van der Waals surface area (Å²) in [6.45, 7) is 7.77. The molecule has 37 heavy (non-hydrogen) atoms. The maximum Gasteiger partial charge on any atom is 0.229 e. The third-order valence-corrected chi connectivity index (χ3v) is 7.39. The standard InChI is InChI=1S/C29H26N6OS/c1-16-8-9-25(37-16)20-6-5-7-23-21(20)12-24(33-23)26-22-11-18(14-31-27(22)35-34-26)17-10-19(15-30-13-17)32-28(36)29(2,3)4/h5-15,33H,1-4H3,(H,32,36)(H,31,34,35). The molecule has 6 rings (SSSR count). The lowest BCUT2D eigenvalue weighted by molar-refractivity contribution is -0.123. The Morgan fingerprint density at radius 3 is 2.59 bits per heavy atom. The number of nitrogens with one attached hydrogen (secondary N) is 3. The summed E-state index contributed by atoms with van der Waals surface area (Å²) in [5, 5.41) is 12.7. The summed E-state index contributed by atoms with van der Waals surface area (Å²) < 4.78 is 0. The minimum atomic E-state index is -0.496. The number of aromatic nitrogens is 5. The fraction of sp³-hybridized carbons (Fsp3) is 0.172. The van der Waals surface area contributed by atoms with E-state index < -0.39 is 5.41 Å². The van der Waals surface area contributed by atoms with Crippen molar-refractivity contribution in [3.8, 4) is 33.0 Å². The van der Waals surface area contributed by atoms with Crippen LogP contribution in [-0.4, -0.2) is 31.1 Å². The van der Waals surface area contributed by atoms with Crippen LogP contribution < -0.4 is 5.32 Å². The lowest BCUT2D eigenvalue weighted by Gasteiger charge is -2.17. The van der Waals surface area contributed by atoms with E-state index in [0.717, 1.165) is 38.8 Å². The normalized spacial score (nSPS) is 11.9. The summed E-state index contributed by atoms with van der Waals surface area (Å²) in [4.78, 5) is 27.5. The van der Waals surface area contributed by atoms with Crippen LogP contribution in [0.3, 0.4) is 0 Å². The molecule has 0 spiro atoms. The number of hydrogen-bond acceptors (Lipinski definition) is 5. The van der Waals surface area contributed by atoms with Crippen LogP contribution in [0.4, 0.5) is 5.69 Å². The average Bonchev–Trinajstić information content (AvgIpc) is 3.60. The molecule has 184 valence electrons. The highest BCUT2D eigenvalue weighted by molar-refractivity contribution is 7.15. The number of rotatable bonds is 4. The monoisotopic (exact) mass is 506 g/mol. The summed E-state index contributed by atoms with van der Waals surface area (Å²) in [6, 6.07) is 16.8. The van der Waals surface area contributed by atoms with Crippen molar-refractivity contribution >= 4 is 44.9 Å². The number of hydrogen-bond donors (Lipinski definition) is 3. The van der Waals surface area contributed by atoms with E-state index in [2.05, 4.69) is 79.9 Å². The third kappa shape index (κ3) is 4.29. The number of amides is 1. The highest BCUT2D eigenvalue weighted by atomic mass is 32.1. The maximum absolute atomic E-state index is 12.4. The van der Waals surface area contributed by atoms with E-state index in [-0.39, 0.29) is 5.91 Å².